The smallest absolute Gasteiger partial charge is 0.264 e. The molecule has 0 saturated carbocycles. The first-order chi connectivity index (χ1) is 6.59. The second-order valence-electron chi connectivity index (χ2n) is 3.04. The van der Waals surface area contributed by atoms with Gasteiger partial charge in [0.25, 0.3) is 6.43 Å². The van der Waals surface area contributed by atoms with Gasteiger partial charge in [0.15, 0.2) is 0 Å². The summed E-state index contributed by atoms with van der Waals surface area (Å²) in [6.45, 7) is 1.73. The standard InChI is InChI=1S/C9H7BrF2N2/c1-4-8-6(9(11)12)2-5(10)3-7(8)14-13-4/h2-3,9H,1H3,(H,13,14). The van der Waals surface area contributed by atoms with E-state index in [1.165, 1.54) is 6.07 Å². The highest BCUT2D eigenvalue weighted by molar-refractivity contribution is 9.10. The maximum atomic E-state index is 12.7. The Morgan fingerprint density at radius 1 is 1.43 bits per heavy atom. The van der Waals surface area contributed by atoms with Crippen molar-refractivity contribution in [3.8, 4) is 0 Å². The van der Waals surface area contributed by atoms with E-state index in [1.54, 1.807) is 13.0 Å². The van der Waals surface area contributed by atoms with Crippen molar-refractivity contribution >= 4 is 26.8 Å². The van der Waals surface area contributed by atoms with Crippen LogP contribution in [0.25, 0.3) is 10.9 Å². The second kappa shape index (κ2) is 3.31. The molecule has 1 heterocycles. The first-order valence-corrected chi connectivity index (χ1v) is 4.81. The zero-order valence-electron chi connectivity index (χ0n) is 7.31. The Labute approximate surface area is 87.4 Å². The van der Waals surface area contributed by atoms with Crippen molar-refractivity contribution < 1.29 is 8.78 Å². The van der Waals surface area contributed by atoms with Crippen LogP contribution >= 0.6 is 15.9 Å². The fourth-order valence-corrected chi connectivity index (χ4v) is 1.95. The van der Waals surface area contributed by atoms with Crippen LogP contribution in [0, 0.1) is 6.92 Å². The van der Waals surface area contributed by atoms with Crippen molar-refractivity contribution in [3.63, 3.8) is 0 Å². The molecule has 1 N–H and O–H groups in total. The van der Waals surface area contributed by atoms with Crippen LogP contribution in [0.5, 0.6) is 0 Å². The zero-order valence-corrected chi connectivity index (χ0v) is 8.90. The van der Waals surface area contributed by atoms with Gasteiger partial charge in [-0.3, -0.25) is 5.10 Å². The van der Waals surface area contributed by atoms with Crippen LogP contribution in [0.15, 0.2) is 16.6 Å². The van der Waals surface area contributed by atoms with Crippen LogP contribution in [0.1, 0.15) is 17.7 Å². The number of hydrogen-bond donors (Lipinski definition) is 1. The number of fused-ring (bicyclic) bond motifs is 1. The Bertz CT molecular complexity index is 479. The number of halogens is 3. The number of aromatic nitrogens is 2. The minimum absolute atomic E-state index is 0.0145. The topological polar surface area (TPSA) is 28.7 Å². The second-order valence-corrected chi connectivity index (χ2v) is 3.95. The van der Waals surface area contributed by atoms with E-state index in [0.29, 0.717) is 21.1 Å². The lowest BCUT2D eigenvalue weighted by molar-refractivity contribution is 0.153. The molecular weight excluding hydrogens is 254 g/mol. The number of hydrogen-bond acceptors (Lipinski definition) is 1. The van der Waals surface area contributed by atoms with Crippen molar-refractivity contribution in [2.24, 2.45) is 0 Å². The molecule has 2 aromatic rings. The van der Waals surface area contributed by atoms with E-state index in [4.69, 9.17) is 0 Å². The number of nitrogens with zero attached hydrogens (tertiary/aromatic N) is 1. The number of benzene rings is 1. The lowest BCUT2D eigenvalue weighted by Crippen LogP contribution is -1.87. The highest BCUT2D eigenvalue weighted by Gasteiger charge is 2.15. The maximum absolute atomic E-state index is 12.7. The average molecular weight is 261 g/mol. The molecule has 0 amide bonds. The summed E-state index contributed by atoms with van der Waals surface area (Å²) in [5, 5.41) is 7.15. The largest absolute Gasteiger partial charge is 0.282 e. The van der Waals surface area contributed by atoms with E-state index >= 15 is 0 Å². The summed E-state index contributed by atoms with van der Waals surface area (Å²) in [6.07, 6.45) is -2.48. The van der Waals surface area contributed by atoms with Crippen molar-refractivity contribution in [1.29, 1.82) is 0 Å². The Morgan fingerprint density at radius 3 is 2.79 bits per heavy atom. The molecule has 5 heteroatoms. The summed E-state index contributed by atoms with van der Waals surface area (Å²) < 4.78 is 26.0. The summed E-state index contributed by atoms with van der Waals surface area (Å²) in [4.78, 5) is 0. The molecule has 14 heavy (non-hydrogen) atoms. The number of aryl methyl sites for hydroxylation is 1. The molecule has 0 aliphatic heterocycles. The maximum Gasteiger partial charge on any atom is 0.264 e. The molecule has 0 radical (unpaired) electrons. The Kier molecular flexibility index (Phi) is 2.26. The average Bonchev–Trinajstić information content (AvgIpc) is 2.46. The van der Waals surface area contributed by atoms with Crippen LogP contribution in [0.3, 0.4) is 0 Å². The number of H-pyrrole nitrogens is 1. The highest BCUT2D eigenvalue weighted by Crippen LogP contribution is 2.31. The zero-order chi connectivity index (χ0) is 10.3. The number of rotatable bonds is 1. The SMILES string of the molecule is Cc1[nH]nc2cc(Br)cc(C(F)F)c12. The predicted octanol–water partition coefficient (Wildman–Crippen LogP) is 3.57. The first kappa shape index (κ1) is 9.58. The molecular formula is C9H7BrF2N2. The van der Waals surface area contributed by atoms with Gasteiger partial charge >= 0.3 is 0 Å². The third-order valence-corrected chi connectivity index (χ3v) is 2.52. The fourth-order valence-electron chi connectivity index (χ4n) is 1.48. The number of alkyl halides is 2. The van der Waals surface area contributed by atoms with Crippen molar-refractivity contribution in [2.75, 3.05) is 0 Å². The van der Waals surface area contributed by atoms with E-state index in [1.807, 2.05) is 0 Å². The molecule has 74 valence electrons. The number of nitrogens with one attached hydrogen (secondary N) is 1. The van der Waals surface area contributed by atoms with Crippen molar-refractivity contribution in [2.45, 2.75) is 13.3 Å². The van der Waals surface area contributed by atoms with Gasteiger partial charge in [-0.1, -0.05) is 15.9 Å². The van der Waals surface area contributed by atoms with E-state index in [0.717, 1.165) is 0 Å². The summed E-state index contributed by atoms with van der Waals surface area (Å²) in [7, 11) is 0. The Hall–Kier alpha value is -0.970. The molecule has 0 unspecified atom stereocenters. The molecule has 0 saturated heterocycles. The molecule has 1 aromatic heterocycles. The van der Waals surface area contributed by atoms with Crippen LogP contribution in [-0.4, -0.2) is 10.2 Å². The molecule has 1 aromatic carbocycles. The van der Waals surface area contributed by atoms with Crippen molar-refractivity contribution in [1.82, 2.24) is 10.2 Å². The quantitative estimate of drug-likeness (QED) is 0.835. The summed E-state index contributed by atoms with van der Waals surface area (Å²) in [5.74, 6) is 0. The van der Waals surface area contributed by atoms with Gasteiger partial charge in [0.2, 0.25) is 0 Å². The molecule has 0 aliphatic rings. The molecule has 0 atom stereocenters. The molecule has 0 aliphatic carbocycles. The Morgan fingerprint density at radius 2 is 2.14 bits per heavy atom. The monoisotopic (exact) mass is 260 g/mol. The molecule has 0 fully saturated rings. The third kappa shape index (κ3) is 1.41. The van der Waals surface area contributed by atoms with E-state index in [2.05, 4.69) is 26.1 Å². The summed E-state index contributed by atoms with van der Waals surface area (Å²) >= 11 is 3.17. The van der Waals surface area contributed by atoms with Crippen LogP contribution in [0.2, 0.25) is 0 Å². The summed E-state index contributed by atoms with van der Waals surface area (Å²) in [6, 6.07) is 3.14. The Balaban J connectivity index is 2.83. The minimum Gasteiger partial charge on any atom is -0.282 e. The van der Waals surface area contributed by atoms with E-state index < -0.39 is 6.43 Å². The normalized spacial score (nSPS) is 11.5. The van der Waals surface area contributed by atoms with E-state index in [-0.39, 0.29) is 5.56 Å². The highest BCUT2D eigenvalue weighted by atomic mass is 79.9. The fraction of sp³-hybridized carbons (Fsp3) is 0.222. The predicted molar refractivity (Wildman–Crippen MR) is 53.5 cm³/mol. The lowest BCUT2D eigenvalue weighted by atomic mass is 10.1. The van der Waals surface area contributed by atoms with Crippen LogP contribution in [0.4, 0.5) is 8.78 Å². The molecule has 2 nitrogen and oxygen atoms in total. The third-order valence-electron chi connectivity index (χ3n) is 2.07. The summed E-state index contributed by atoms with van der Waals surface area (Å²) in [5.41, 5.74) is 1.25. The van der Waals surface area contributed by atoms with Gasteiger partial charge in [-0.2, -0.15) is 5.10 Å². The first-order valence-electron chi connectivity index (χ1n) is 4.02. The van der Waals surface area contributed by atoms with Gasteiger partial charge in [0, 0.05) is 21.1 Å². The van der Waals surface area contributed by atoms with Gasteiger partial charge in [-0.25, -0.2) is 8.78 Å². The van der Waals surface area contributed by atoms with Gasteiger partial charge in [-0.15, -0.1) is 0 Å². The van der Waals surface area contributed by atoms with E-state index in [9.17, 15) is 8.78 Å². The molecule has 0 bridgehead atoms. The molecule has 2 rings (SSSR count). The van der Waals surface area contributed by atoms with Gasteiger partial charge < -0.3 is 0 Å². The lowest BCUT2D eigenvalue weighted by Gasteiger charge is -2.02. The van der Waals surface area contributed by atoms with Gasteiger partial charge in [-0.05, 0) is 19.1 Å². The van der Waals surface area contributed by atoms with Gasteiger partial charge in [0.05, 0.1) is 5.52 Å². The number of aromatic amines is 1. The molecule has 0 spiro atoms. The van der Waals surface area contributed by atoms with Crippen LogP contribution < -0.4 is 0 Å². The van der Waals surface area contributed by atoms with Crippen molar-refractivity contribution in [3.05, 3.63) is 27.9 Å². The minimum atomic E-state index is -2.48. The van der Waals surface area contributed by atoms with Gasteiger partial charge in [0.1, 0.15) is 0 Å². The van der Waals surface area contributed by atoms with Crippen LogP contribution in [-0.2, 0) is 0 Å².